The third-order valence-corrected chi connectivity index (χ3v) is 3.36. The van der Waals surface area contributed by atoms with Crippen LogP contribution in [0.2, 0.25) is 0 Å². The van der Waals surface area contributed by atoms with Gasteiger partial charge in [-0.05, 0) is 33.2 Å². The number of rotatable bonds is 7. The summed E-state index contributed by atoms with van der Waals surface area (Å²) >= 11 is 0. The molecule has 0 bridgehead atoms. The van der Waals surface area contributed by atoms with Crippen LogP contribution >= 0.6 is 0 Å². The van der Waals surface area contributed by atoms with Crippen molar-refractivity contribution in [3.8, 4) is 0 Å². The molecular weight excluding hydrogens is 230 g/mol. The summed E-state index contributed by atoms with van der Waals surface area (Å²) < 4.78 is 0. The van der Waals surface area contributed by atoms with Crippen LogP contribution in [0, 0.1) is 0 Å². The number of piperazine rings is 1. The lowest BCUT2D eigenvalue weighted by atomic mass is 10.1. The molecule has 2 amide bonds. The molecule has 0 radical (unpaired) electrons. The maximum Gasteiger partial charge on any atom is 0.242 e. The Kier molecular flexibility index (Phi) is 6.12. The molecule has 0 spiro atoms. The van der Waals surface area contributed by atoms with Gasteiger partial charge in [-0.15, -0.1) is 0 Å². The molecule has 0 aromatic heterocycles. The van der Waals surface area contributed by atoms with E-state index in [1.54, 1.807) is 9.80 Å². The van der Waals surface area contributed by atoms with E-state index in [1.807, 2.05) is 6.92 Å². The summed E-state index contributed by atoms with van der Waals surface area (Å²) in [6, 6.07) is 0.470. The number of likely N-dealkylation sites (N-methyl/N-ethyl adjacent to an activating group) is 1. The van der Waals surface area contributed by atoms with Crippen molar-refractivity contribution in [1.29, 1.82) is 0 Å². The van der Waals surface area contributed by atoms with E-state index in [9.17, 15) is 9.59 Å². The molecule has 18 heavy (non-hydrogen) atoms. The van der Waals surface area contributed by atoms with E-state index in [2.05, 4.69) is 19.2 Å². The maximum absolute atomic E-state index is 11.8. The molecule has 1 N–H and O–H groups in total. The molecule has 0 aromatic carbocycles. The summed E-state index contributed by atoms with van der Waals surface area (Å²) in [6.07, 6.45) is 1.97. The zero-order chi connectivity index (χ0) is 13.5. The lowest BCUT2D eigenvalue weighted by molar-refractivity contribution is -0.149. The predicted molar refractivity (Wildman–Crippen MR) is 71.2 cm³/mol. The SMILES string of the molecule is CCNC(C)CCCN1CC(=O)N(CC)CC1=O. The standard InChI is InChI=1S/C13H25N3O2/c1-4-14-11(3)7-6-8-16-10-12(17)15(5-2)9-13(16)18/h11,14H,4-10H2,1-3H3. The molecule has 1 unspecified atom stereocenters. The molecule has 104 valence electrons. The van der Waals surface area contributed by atoms with Gasteiger partial charge in [0.05, 0.1) is 13.1 Å². The van der Waals surface area contributed by atoms with E-state index < -0.39 is 0 Å². The zero-order valence-corrected chi connectivity index (χ0v) is 11.7. The van der Waals surface area contributed by atoms with Crippen molar-refractivity contribution in [3.63, 3.8) is 0 Å². The van der Waals surface area contributed by atoms with Gasteiger partial charge in [0.15, 0.2) is 0 Å². The van der Waals surface area contributed by atoms with Crippen molar-refractivity contribution in [2.45, 2.75) is 39.7 Å². The molecule has 1 rings (SSSR count). The van der Waals surface area contributed by atoms with Gasteiger partial charge in [0.2, 0.25) is 11.8 Å². The number of hydrogen-bond donors (Lipinski definition) is 1. The maximum atomic E-state index is 11.8. The summed E-state index contributed by atoms with van der Waals surface area (Å²) in [5.74, 6) is 0.143. The fourth-order valence-corrected chi connectivity index (χ4v) is 2.23. The van der Waals surface area contributed by atoms with Gasteiger partial charge in [-0.2, -0.15) is 0 Å². The van der Waals surface area contributed by atoms with Crippen LogP contribution in [0.15, 0.2) is 0 Å². The normalized spacial score (nSPS) is 18.4. The molecule has 1 fully saturated rings. The average molecular weight is 255 g/mol. The Hall–Kier alpha value is -1.10. The number of nitrogens with zero attached hydrogens (tertiary/aromatic N) is 2. The highest BCUT2D eigenvalue weighted by molar-refractivity contribution is 5.92. The van der Waals surface area contributed by atoms with Gasteiger partial charge in [-0.25, -0.2) is 0 Å². The summed E-state index contributed by atoms with van der Waals surface area (Å²) in [4.78, 5) is 26.8. The highest BCUT2D eigenvalue weighted by Gasteiger charge is 2.28. The number of carbonyl (C=O) groups excluding carboxylic acids is 2. The van der Waals surface area contributed by atoms with Crippen LogP contribution < -0.4 is 5.32 Å². The predicted octanol–water partition coefficient (Wildman–Crippen LogP) is 0.455. The third-order valence-electron chi connectivity index (χ3n) is 3.36. The molecule has 1 aliphatic heterocycles. The van der Waals surface area contributed by atoms with Crippen LogP contribution in [-0.4, -0.2) is 60.4 Å². The Balaban J connectivity index is 2.30. The van der Waals surface area contributed by atoms with E-state index in [4.69, 9.17) is 0 Å². The molecule has 0 aromatic rings. The van der Waals surface area contributed by atoms with Crippen molar-refractivity contribution in [1.82, 2.24) is 15.1 Å². The van der Waals surface area contributed by atoms with E-state index in [0.717, 1.165) is 19.4 Å². The Morgan fingerprint density at radius 1 is 1.17 bits per heavy atom. The quantitative estimate of drug-likeness (QED) is 0.719. The minimum atomic E-state index is 0.0665. The number of nitrogens with one attached hydrogen (secondary N) is 1. The summed E-state index contributed by atoms with van der Waals surface area (Å²) in [6.45, 7) is 8.91. The lowest BCUT2D eigenvalue weighted by Crippen LogP contribution is -2.53. The number of hydrogen-bond acceptors (Lipinski definition) is 3. The second-order valence-corrected chi connectivity index (χ2v) is 4.82. The van der Waals surface area contributed by atoms with Crippen LogP contribution in [0.5, 0.6) is 0 Å². The van der Waals surface area contributed by atoms with E-state index >= 15 is 0 Å². The van der Waals surface area contributed by atoms with E-state index in [1.165, 1.54) is 0 Å². The summed E-state index contributed by atoms with van der Waals surface area (Å²) in [5.41, 5.74) is 0. The molecule has 1 saturated heterocycles. The van der Waals surface area contributed by atoms with E-state index in [0.29, 0.717) is 19.1 Å². The molecule has 0 aliphatic carbocycles. The molecule has 5 heteroatoms. The van der Waals surface area contributed by atoms with Gasteiger partial charge in [-0.3, -0.25) is 9.59 Å². The van der Waals surface area contributed by atoms with Gasteiger partial charge in [0, 0.05) is 19.1 Å². The van der Waals surface area contributed by atoms with Crippen molar-refractivity contribution in [3.05, 3.63) is 0 Å². The monoisotopic (exact) mass is 255 g/mol. The van der Waals surface area contributed by atoms with Gasteiger partial charge >= 0.3 is 0 Å². The van der Waals surface area contributed by atoms with Crippen LogP contribution in [-0.2, 0) is 9.59 Å². The number of amides is 2. The fraction of sp³-hybridized carbons (Fsp3) is 0.846. The first-order valence-electron chi connectivity index (χ1n) is 6.87. The van der Waals surface area contributed by atoms with Gasteiger partial charge in [0.1, 0.15) is 0 Å². The fourth-order valence-electron chi connectivity index (χ4n) is 2.23. The molecule has 1 atom stereocenters. The molecule has 5 nitrogen and oxygen atoms in total. The second kappa shape index (κ2) is 7.36. The molecule has 1 aliphatic rings. The lowest BCUT2D eigenvalue weighted by Gasteiger charge is -2.33. The van der Waals surface area contributed by atoms with Crippen LogP contribution in [0.3, 0.4) is 0 Å². The average Bonchev–Trinajstić information content (AvgIpc) is 2.33. The first-order valence-corrected chi connectivity index (χ1v) is 6.87. The van der Waals surface area contributed by atoms with Crippen LogP contribution in [0.4, 0.5) is 0 Å². The second-order valence-electron chi connectivity index (χ2n) is 4.82. The van der Waals surface area contributed by atoms with Crippen molar-refractivity contribution in [2.75, 3.05) is 32.7 Å². The van der Waals surface area contributed by atoms with Crippen molar-refractivity contribution < 1.29 is 9.59 Å². The minimum absolute atomic E-state index is 0.0665. The molecule has 0 saturated carbocycles. The summed E-state index contributed by atoms with van der Waals surface area (Å²) in [5, 5.41) is 3.34. The Labute approximate surface area is 110 Å². The van der Waals surface area contributed by atoms with Crippen LogP contribution in [0.25, 0.3) is 0 Å². The third kappa shape index (κ3) is 4.29. The smallest absolute Gasteiger partial charge is 0.242 e. The first-order chi connectivity index (χ1) is 8.58. The zero-order valence-electron chi connectivity index (χ0n) is 11.7. The Morgan fingerprint density at radius 2 is 1.78 bits per heavy atom. The van der Waals surface area contributed by atoms with Crippen molar-refractivity contribution >= 4 is 11.8 Å². The molecular formula is C13H25N3O2. The minimum Gasteiger partial charge on any atom is -0.332 e. The van der Waals surface area contributed by atoms with Gasteiger partial charge < -0.3 is 15.1 Å². The van der Waals surface area contributed by atoms with Gasteiger partial charge in [0.25, 0.3) is 0 Å². The molecule has 1 heterocycles. The highest BCUT2D eigenvalue weighted by Crippen LogP contribution is 2.07. The van der Waals surface area contributed by atoms with Crippen molar-refractivity contribution in [2.24, 2.45) is 0 Å². The van der Waals surface area contributed by atoms with Crippen LogP contribution in [0.1, 0.15) is 33.6 Å². The first kappa shape index (κ1) is 15.0. The van der Waals surface area contributed by atoms with Gasteiger partial charge in [-0.1, -0.05) is 6.92 Å². The largest absolute Gasteiger partial charge is 0.332 e. The Bertz CT molecular complexity index is 294. The highest BCUT2D eigenvalue weighted by atomic mass is 16.2. The number of carbonyl (C=O) groups is 2. The van der Waals surface area contributed by atoms with E-state index in [-0.39, 0.29) is 24.9 Å². The summed E-state index contributed by atoms with van der Waals surface area (Å²) in [7, 11) is 0. The topological polar surface area (TPSA) is 52.7 Å². The Morgan fingerprint density at radius 3 is 2.39 bits per heavy atom.